The Morgan fingerprint density at radius 1 is 1.08 bits per heavy atom. The van der Waals surface area contributed by atoms with Gasteiger partial charge in [-0.05, 0) is 36.8 Å². The zero-order chi connectivity index (χ0) is 9.10. The van der Waals surface area contributed by atoms with E-state index in [9.17, 15) is 0 Å². The van der Waals surface area contributed by atoms with E-state index in [0.717, 1.165) is 12.8 Å². The first-order valence-electron chi connectivity index (χ1n) is 5.13. The molecule has 0 N–H and O–H groups in total. The summed E-state index contributed by atoms with van der Waals surface area (Å²) in [5.74, 6) is 0. The molecule has 0 nitrogen and oxygen atoms in total. The molecule has 62 valence electrons. The van der Waals surface area contributed by atoms with E-state index < -0.39 is 0 Å². The molecule has 0 heteroatoms. The van der Waals surface area contributed by atoms with Crippen molar-refractivity contribution in [1.82, 2.24) is 0 Å². The van der Waals surface area contributed by atoms with Crippen LogP contribution in [0.15, 0.2) is 36.4 Å². The van der Waals surface area contributed by atoms with Crippen molar-refractivity contribution in [1.29, 1.82) is 0 Å². The van der Waals surface area contributed by atoms with Crippen LogP contribution in [-0.4, -0.2) is 0 Å². The molecular weight excluding hydrogens is 144 g/mol. The SMILES string of the molecule is [2H][C@@H]1CCCC=C1c1ccccc1. The summed E-state index contributed by atoms with van der Waals surface area (Å²) in [5, 5.41) is 0. The standard InChI is InChI=1S/C12H14/c1-3-7-11(8-4-1)12-9-5-2-6-10-12/h1,3-4,7-9H,2,5-6,10H2/i10D/t10-/m1/s1. The van der Waals surface area contributed by atoms with E-state index in [1.54, 1.807) is 0 Å². The average molecular weight is 159 g/mol. The summed E-state index contributed by atoms with van der Waals surface area (Å²) < 4.78 is 7.90. The minimum atomic E-state index is -0.00356. The normalized spacial score (nSPS) is 24.5. The van der Waals surface area contributed by atoms with Crippen molar-refractivity contribution < 1.29 is 1.37 Å². The molecule has 0 radical (unpaired) electrons. The van der Waals surface area contributed by atoms with Gasteiger partial charge in [0.1, 0.15) is 0 Å². The van der Waals surface area contributed by atoms with E-state index in [4.69, 9.17) is 1.37 Å². The van der Waals surface area contributed by atoms with Crippen LogP contribution in [0.4, 0.5) is 0 Å². The highest BCUT2D eigenvalue weighted by atomic mass is 14.1. The van der Waals surface area contributed by atoms with E-state index in [0.29, 0.717) is 0 Å². The van der Waals surface area contributed by atoms with Gasteiger partial charge in [-0.2, -0.15) is 0 Å². The Morgan fingerprint density at radius 2 is 1.92 bits per heavy atom. The number of benzene rings is 1. The molecular formula is C12H14. The van der Waals surface area contributed by atoms with Crippen LogP contribution in [0, 0.1) is 0 Å². The van der Waals surface area contributed by atoms with E-state index in [2.05, 4.69) is 18.2 Å². The van der Waals surface area contributed by atoms with Crippen molar-refractivity contribution in [3.8, 4) is 0 Å². The summed E-state index contributed by atoms with van der Waals surface area (Å²) in [4.78, 5) is 0. The van der Waals surface area contributed by atoms with Gasteiger partial charge in [-0.15, -0.1) is 0 Å². The van der Waals surface area contributed by atoms with Gasteiger partial charge in [0.15, 0.2) is 0 Å². The maximum absolute atomic E-state index is 7.90. The number of hydrogen-bond donors (Lipinski definition) is 0. The van der Waals surface area contributed by atoms with Crippen molar-refractivity contribution in [2.45, 2.75) is 25.7 Å². The van der Waals surface area contributed by atoms with Gasteiger partial charge < -0.3 is 0 Å². The molecule has 0 aliphatic heterocycles. The summed E-state index contributed by atoms with van der Waals surface area (Å²) in [7, 11) is 0. The highest BCUT2D eigenvalue weighted by Gasteiger charge is 2.04. The molecule has 1 aromatic carbocycles. The second-order valence-electron chi connectivity index (χ2n) is 3.16. The highest BCUT2D eigenvalue weighted by Crippen LogP contribution is 2.25. The Kier molecular flexibility index (Phi) is 1.93. The third-order valence-corrected chi connectivity index (χ3v) is 2.24. The maximum Gasteiger partial charge on any atom is 0.0316 e. The van der Waals surface area contributed by atoms with Crippen LogP contribution in [0.2, 0.25) is 0 Å². The summed E-state index contributed by atoms with van der Waals surface area (Å²) in [6, 6.07) is 10.3. The van der Waals surface area contributed by atoms with Gasteiger partial charge in [-0.3, -0.25) is 0 Å². The maximum atomic E-state index is 7.90. The van der Waals surface area contributed by atoms with Gasteiger partial charge >= 0.3 is 0 Å². The van der Waals surface area contributed by atoms with Crippen molar-refractivity contribution in [2.75, 3.05) is 0 Å². The summed E-state index contributed by atoms with van der Waals surface area (Å²) in [5.41, 5.74) is 2.44. The molecule has 0 heterocycles. The van der Waals surface area contributed by atoms with Gasteiger partial charge in [0.05, 0.1) is 0 Å². The second-order valence-corrected chi connectivity index (χ2v) is 3.16. The van der Waals surface area contributed by atoms with Crippen molar-refractivity contribution >= 4 is 5.57 Å². The minimum Gasteiger partial charge on any atom is -0.0807 e. The first-order chi connectivity index (χ1) is 6.38. The Morgan fingerprint density at radius 3 is 2.67 bits per heavy atom. The molecule has 1 atom stereocenters. The molecule has 0 saturated heterocycles. The topological polar surface area (TPSA) is 0 Å². The van der Waals surface area contributed by atoms with E-state index >= 15 is 0 Å². The van der Waals surface area contributed by atoms with Crippen LogP contribution in [0.25, 0.3) is 5.57 Å². The summed E-state index contributed by atoms with van der Waals surface area (Å²) in [6.07, 6.45) is 5.54. The summed E-state index contributed by atoms with van der Waals surface area (Å²) >= 11 is 0. The molecule has 0 amide bonds. The Bertz CT molecular complexity index is 300. The third kappa shape index (κ3) is 1.58. The molecule has 0 bridgehead atoms. The lowest BCUT2D eigenvalue weighted by molar-refractivity contribution is 0.742. The van der Waals surface area contributed by atoms with Gasteiger partial charge in [0.25, 0.3) is 0 Å². The molecule has 1 aliphatic carbocycles. The average Bonchev–Trinajstić information content (AvgIpc) is 2.20. The molecule has 0 spiro atoms. The first-order valence-corrected chi connectivity index (χ1v) is 4.55. The molecule has 0 aromatic heterocycles. The van der Waals surface area contributed by atoms with Crippen LogP contribution in [0.1, 0.15) is 32.6 Å². The fourth-order valence-electron chi connectivity index (χ4n) is 1.58. The molecule has 2 rings (SSSR count). The Balaban J connectivity index is 2.30. The second kappa shape index (κ2) is 3.57. The fraction of sp³-hybridized carbons (Fsp3) is 0.333. The smallest absolute Gasteiger partial charge is 0.0316 e. The fourth-order valence-corrected chi connectivity index (χ4v) is 1.58. The van der Waals surface area contributed by atoms with E-state index in [1.165, 1.54) is 17.6 Å². The lowest BCUT2D eigenvalue weighted by Gasteiger charge is -2.12. The first kappa shape index (κ1) is 6.47. The highest BCUT2D eigenvalue weighted by molar-refractivity contribution is 5.65. The molecule has 0 fully saturated rings. The van der Waals surface area contributed by atoms with E-state index in [1.807, 2.05) is 18.2 Å². The molecule has 0 unspecified atom stereocenters. The quantitative estimate of drug-likeness (QED) is 0.586. The largest absolute Gasteiger partial charge is 0.0807 e. The lowest BCUT2D eigenvalue weighted by Crippen LogP contribution is -1.90. The number of allylic oxidation sites excluding steroid dienone is 2. The number of hydrogen-bond acceptors (Lipinski definition) is 0. The van der Waals surface area contributed by atoms with Gasteiger partial charge in [0.2, 0.25) is 0 Å². The molecule has 12 heavy (non-hydrogen) atoms. The van der Waals surface area contributed by atoms with Gasteiger partial charge in [-0.25, -0.2) is 0 Å². The lowest BCUT2D eigenvalue weighted by atomic mass is 9.94. The molecule has 0 saturated carbocycles. The van der Waals surface area contributed by atoms with Crippen molar-refractivity contribution in [3.05, 3.63) is 42.0 Å². The summed E-state index contributed by atoms with van der Waals surface area (Å²) in [6.45, 7) is 0. The van der Waals surface area contributed by atoms with E-state index in [-0.39, 0.29) is 6.40 Å². The predicted molar refractivity (Wildman–Crippen MR) is 52.9 cm³/mol. The van der Waals surface area contributed by atoms with Crippen LogP contribution < -0.4 is 0 Å². The van der Waals surface area contributed by atoms with Crippen molar-refractivity contribution in [2.24, 2.45) is 0 Å². The molecule has 1 aliphatic rings. The zero-order valence-corrected chi connectivity index (χ0v) is 7.16. The third-order valence-electron chi connectivity index (χ3n) is 2.24. The Hall–Kier alpha value is -1.04. The molecule has 1 aromatic rings. The number of rotatable bonds is 1. The minimum absolute atomic E-state index is 0.00356. The van der Waals surface area contributed by atoms with Crippen molar-refractivity contribution in [3.63, 3.8) is 0 Å². The van der Waals surface area contributed by atoms with Crippen LogP contribution >= 0.6 is 0 Å². The van der Waals surface area contributed by atoms with Gasteiger partial charge in [0, 0.05) is 1.37 Å². The zero-order valence-electron chi connectivity index (χ0n) is 8.16. The predicted octanol–water partition coefficient (Wildman–Crippen LogP) is 3.64. The van der Waals surface area contributed by atoms with Crippen LogP contribution in [0.5, 0.6) is 0 Å². The monoisotopic (exact) mass is 159 g/mol. The Labute approximate surface area is 75.3 Å². The van der Waals surface area contributed by atoms with Crippen LogP contribution in [-0.2, 0) is 0 Å². The van der Waals surface area contributed by atoms with Crippen LogP contribution in [0.3, 0.4) is 0 Å². The van der Waals surface area contributed by atoms with Gasteiger partial charge in [-0.1, -0.05) is 36.4 Å².